The normalized spacial score (nSPS) is 12.3. The van der Waals surface area contributed by atoms with Crippen LogP contribution in [0.2, 0.25) is 0 Å². The third-order valence-electron chi connectivity index (χ3n) is 5.24. The van der Waals surface area contributed by atoms with Gasteiger partial charge in [0.15, 0.2) is 4.96 Å². The van der Waals surface area contributed by atoms with Crippen LogP contribution in [0.15, 0.2) is 57.7 Å². The summed E-state index contributed by atoms with van der Waals surface area (Å²) in [5.41, 5.74) is 4.59. The molecule has 0 unspecified atom stereocenters. The summed E-state index contributed by atoms with van der Waals surface area (Å²) in [6, 6.07) is 13.7. The van der Waals surface area contributed by atoms with Crippen molar-refractivity contribution < 1.29 is 14.3 Å². The number of carboxylic acids is 1. The smallest absolute Gasteiger partial charge is 0.275 e. The van der Waals surface area contributed by atoms with E-state index in [9.17, 15) is 14.7 Å². The maximum Gasteiger partial charge on any atom is 0.275 e. The van der Waals surface area contributed by atoms with E-state index in [1.807, 2.05) is 26.0 Å². The first-order chi connectivity index (χ1) is 14.4. The van der Waals surface area contributed by atoms with Crippen LogP contribution in [0.1, 0.15) is 27.2 Å². The van der Waals surface area contributed by atoms with Crippen molar-refractivity contribution in [2.24, 2.45) is 0 Å². The quantitative estimate of drug-likeness (QED) is 0.452. The van der Waals surface area contributed by atoms with Gasteiger partial charge in [0.2, 0.25) is 0 Å². The van der Waals surface area contributed by atoms with E-state index in [1.54, 1.807) is 34.7 Å². The van der Waals surface area contributed by atoms with Crippen molar-refractivity contribution in [1.82, 2.24) is 9.38 Å². The van der Waals surface area contributed by atoms with Crippen LogP contribution in [0.4, 0.5) is 0 Å². The number of hydrogen-bond acceptors (Lipinski definition) is 6. The lowest BCUT2D eigenvalue weighted by atomic mass is 10.1. The van der Waals surface area contributed by atoms with Crippen molar-refractivity contribution in [1.29, 1.82) is 0 Å². The molecule has 0 amide bonds. The maximum atomic E-state index is 13.0. The first kappa shape index (κ1) is 18.3. The van der Waals surface area contributed by atoms with Gasteiger partial charge in [0.05, 0.1) is 17.0 Å². The van der Waals surface area contributed by atoms with E-state index in [2.05, 4.69) is 4.98 Å². The van der Waals surface area contributed by atoms with Crippen molar-refractivity contribution in [3.63, 3.8) is 0 Å². The van der Waals surface area contributed by atoms with Crippen molar-refractivity contribution >= 4 is 39.4 Å². The van der Waals surface area contributed by atoms with E-state index < -0.39 is 5.97 Å². The molecular weight excluding hydrogens is 400 g/mol. The number of hydrogen-bond donors (Lipinski definition) is 0. The number of nitrogens with zero attached hydrogens (tertiary/aromatic N) is 2. The van der Waals surface area contributed by atoms with Crippen molar-refractivity contribution in [2.45, 2.75) is 13.8 Å². The number of fused-ring (bicyclic) bond motifs is 3. The van der Waals surface area contributed by atoms with Gasteiger partial charge in [-0.3, -0.25) is 4.79 Å². The van der Waals surface area contributed by atoms with Gasteiger partial charge in [-0.1, -0.05) is 41.7 Å². The Labute approximate surface area is 174 Å². The van der Waals surface area contributed by atoms with Crippen molar-refractivity contribution in [3.05, 3.63) is 85.9 Å². The summed E-state index contributed by atoms with van der Waals surface area (Å²) in [6.07, 6.45) is 1.70. The fourth-order valence-electron chi connectivity index (χ4n) is 3.45. The molecular formula is C23H15N2O4S-. The number of aromatic carboxylic acids is 1. The first-order valence-electron chi connectivity index (χ1n) is 9.27. The summed E-state index contributed by atoms with van der Waals surface area (Å²) in [5, 5.41) is 10.9. The van der Waals surface area contributed by atoms with E-state index >= 15 is 0 Å². The average Bonchev–Trinajstić information content (AvgIpc) is 3.42. The molecule has 3 aromatic heterocycles. The van der Waals surface area contributed by atoms with E-state index in [4.69, 9.17) is 4.42 Å². The minimum atomic E-state index is -1.22. The molecule has 0 spiro atoms. The summed E-state index contributed by atoms with van der Waals surface area (Å²) in [5.74, 6) is -0.109. The average molecular weight is 415 g/mol. The number of furan rings is 1. The molecule has 5 aromatic rings. The number of carboxylic acid groups (broad SMARTS) is 1. The third-order valence-corrected chi connectivity index (χ3v) is 6.21. The molecule has 0 N–H and O–H groups in total. The highest BCUT2D eigenvalue weighted by atomic mass is 32.1. The highest BCUT2D eigenvalue weighted by molar-refractivity contribution is 7.15. The van der Waals surface area contributed by atoms with Crippen LogP contribution >= 0.6 is 11.3 Å². The zero-order valence-electron chi connectivity index (χ0n) is 16.1. The van der Waals surface area contributed by atoms with Gasteiger partial charge in [0.1, 0.15) is 16.1 Å². The number of benzene rings is 2. The van der Waals surface area contributed by atoms with E-state index in [0.717, 1.165) is 27.7 Å². The molecule has 148 valence electrons. The van der Waals surface area contributed by atoms with Crippen LogP contribution in [0.3, 0.4) is 0 Å². The molecule has 0 bridgehead atoms. The summed E-state index contributed by atoms with van der Waals surface area (Å²) in [4.78, 5) is 29.2. The van der Waals surface area contributed by atoms with Crippen molar-refractivity contribution in [2.75, 3.05) is 0 Å². The van der Waals surface area contributed by atoms with Crippen LogP contribution in [-0.2, 0) is 0 Å². The van der Waals surface area contributed by atoms with Crippen LogP contribution in [0.25, 0.3) is 33.4 Å². The lowest BCUT2D eigenvalue weighted by molar-refractivity contribution is -0.255. The molecule has 0 radical (unpaired) electrons. The second-order valence-corrected chi connectivity index (χ2v) is 8.10. The van der Waals surface area contributed by atoms with Gasteiger partial charge in [-0.05, 0) is 48.7 Å². The highest BCUT2D eigenvalue weighted by Gasteiger charge is 2.14. The largest absolute Gasteiger partial charge is 0.545 e. The fraction of sp³-hybridized carbons (Fsp3) is 0.0870. The van der Waals surface area contributed by atoms with Crippen molar-refractivity contribution in [3.8, 4) is 11.3 Å². The summed E-state index contributed by atoms with van der Waals surface area (Å²) in [7, 11) is 0. The number of carbonyl (C=O) groups excluding carboxylic acids is 1. The molecule has 6 nitrogen and oxygen atoms in total. The second-order valence-electron chi connectivity index (χ2n) is 7.09. The van der Waals surface area contributed by atoms with Gasteiger partial charge in [-0.25, -0.2) is 9.38 Å². The van der Waals surface area contributed by atoms with Crippen LogP contribution in [0.5, 0.6) is 0 Å². The number of aromatic nitrogens is 2. The van der Waals surface area contributed by atoms with Crippen LogP contribution < -0.4 is 15.2 Å². The first-order valence-corrected chi connectivity index (χ1v) is 10.1. The summed E-state index contributed by atoms with van der Waals surface area (Å²) in [6.45, 7) is 4.04. The highest BCUT2D eigenvalue weighted by Crippen LogP contribution is 2.24. The Balaban J connectivity index is 1.57. The molecule has 0 fully saturated rings. The SMILES string of the molecule is Cc1ccc2c(nc3s/c(=C/c4ccc(-c5ccc(C(=O)[O-])cc5)o4)c(=O)n32)c1C. The molecule has 5 rings (SSSR count). The zero-order valence-corrected chi connectivity index (χ0v) is 16.9. The molecule has 7 heteroatoms. The standard InChI is InChI=1S/C23H16N2O4S/c1-12-3-9-17-20(13(12)2)24-23-25(17)21(26)19(30-23)11-16-8-10-18(29-16)14-4-6-15(7-5-14)22(27)28/h3-11H,1-2H3,(H,27,28)/p-1/b19-11+. The molecule has 3 heterocycles. The molecule has 0 aliphatic carbocycles. The second kappa shape index (κ2) is 6.67. The molecule has 0 saturated carbocycles. The Bertz CT molecular complexity index is 1560. The molecule has 2 aromatic carbocycles. The molecule has 0 atom stereocenters. The number of rotatable bonds is 3. The summed E-state index contributed by atoms with van der Waals surface area (Å²) < 4.78 is 8.02. The van der Waals surface area contributed by atoms with Gasteiger partial charge >= 0.3 is 0 Å². The minimum absolute atomic E-state index is 0.104. The monoisotopic (exact) mass is 415 g/mol. The van der Waals surface area contributed by atoms with Gasteiger partial charge in [0, 0.05) is 11.6 Å². The number of thiazole rings is 1. The molecule has 0 aliphatic heterocycles. The Morgan fingerprint density at radius 1 is 1.10 bits per heavy atom. The third kappa shape index (κ3) is 2.83. The van der Waals surface area contributed by atoms with E-state index in [1.165, 1.54) is 23.5 Å². The maximum absolute atomic E-state index is 13.0. The van der Waals surface area contributed by atoms with E-state index in [-0.39, 0.29) is 11.1 Å². The number of imidazole rings is 1. The van der Waals surface area contributed by atoms with Crippen LogP contribution in [-0.4, -0.2) is 15.4 Å². The topological polar surface area (TPSA) is 87.6 Å². The van der Waals surface area contributed by atoms with Gasteiger partial charge < -0.3 is 14.3 Å². The Morgan fingerprint density at radius 2 is 1.87 bits per heavy atom. The van der Waals surface area contributed by atoms with Gasteiger partial charge in [-0.15, -0.1) is 0 Å². The van der Waals surface area contributed by atoms with Gasteiger partial charge in [-0.2, -0.15) is 0 Å². The Morgan fingerprint density at radius 3 is 2.60 bits per heavy atom. The molecule has 0 saturated heterocycles. The predicted molar refractivity (Wildman–Crippen MR) is 114 cm³/mol. The Kier molecular flexibility index (Phi) is 4.08. The zero-order chi connectivity index (χ0) is 21.0. The molecule has 30 heavy (non-hydrogen) atoms. The lowest BCUT2D eigenvalue weighted by Crippen LogP contribution is -2.22. The fourth-order valence-corrected chi connectivity index (χ4v) is 4.41. The summed E-state index contributed by atoms with van der Waals surface area (Å²) >= 11 is 1.32. The number of aryl methyl sites for hydroxylation is 2. The number of carbonyl (C=O) groups is 1. The minimum Gasteiger partial charge on any atom is -0.545 e. The molecule has 0 aliphatic rings. The van der Waals surface area contributed by atoms with E-state index in [0.29, 0.717) is 21.0 Å². The van der Waals surface area contributed by atoms with Gasteiger partial charge in [0.25, 0.3) is 5.56 Å². The van der Waals surface area contributed by atoms with Crippen LogP contribution in [0, 0.1) is 13.8 Å². The predicted octanol–water partition coefficient (Wildman–Crippen LogP) is 2.70. The lowest BCUT2D eigenvalue weighted by Gasteiger charge is -2.02. The Hall–Kier alpha value is -3.71.